The summed E-state index contributed by atoms with van der Waals surface area (Å²) in [7, 11) is 1.92. The molecule has 0 atom stereocenters. The summed E-state index contributed by atoms with van der Waals surface area (Å²) >= 11 is 1.69. The molecule has 0 aromatic carbocycles. The number of amides is 1. The molecule has 0 saturated carbocycles. The number of nitrogens with zero attached hydrogens (tertiary/aromatic N) is 2. The number of nitrogens with one attached hydrogen (secondary N) is 2. The van der Waals surface area contributed by atoms with Gasteiger partial charge in [0.25, 0.3) is 0 Å². The summed E-state index contributed by atoms with van der Waals surface area (Å²) in [6.45, 7) is 3.17. The summed E-state index contributed by atoms with van der Waals surface area (Å²) in [5, 5.41) is 6.98. The van der Waals surface area contributed by atoms with Crippen LogP contribution in [-0.2, 0) is 11.3 Å². The van der Waals surface area contributed by atoms with Crippen molar-refractivity contribution in [2.24, 2.45) is 0 Å². The maximum Gasteiger partial charge on any atom is 0.221 e. The number of anilines is 1. The molecule has 1 aliphatic heterocycles. The zero-order chi connectivity index (χ0) is 11.4. The van der Waals surface area contributed by atoms with Crippen LogP contribution in [0.5, 0.6) is 0 Å². The van der Waals surface area contributed by atoms with Gasteiger partial charge in [-0.05, 0) is 7.05 Å². The highest BCUT2D eigenvalue weighted by Crippen LogP contribution is 2.22. The number of thiazole rings is 1. The van der Waals surface area contributed by atoms with Crippen LogP contribution in [-0.4, -0.2) is 37.6 Å². The first-order valence-electron chi connectivity index (χ1n) is 5.40. The Morgan fingerprint density at radius 1 is 1.62 bits per heavy atom. The summed E-state index contributed by atoms with van der Waals surface area (Å²) in [5.41, 5.74) is 0. The topological polar surface area (TPSA) is 57.3 Å². The van der Waals surface area contributed by atoms with E-state index in [2.05, 4.69) is 20.5 Å². The van der Waals surface area contributed by atoms with E-state index in [-0.39, 0.29) is 5.91 Å². The van der Waals surface area contributed by atoms with E-state index in [1.165, 1.54) is 4.88 Å². The zero-order valence-electron chi connectivity index (χ0n) is 9.32. The molecule has 0 unspecified atom stereocenters. The van der Waals surface area contributed by atoms with Crippen LogP contribution in [0.4, 0.5) is 5.13 Å². The third-order valence-corrected chi connectivity index (χ3v) is 3.53. The fourth-order valence-electron chi connectivity index (χ4n) is 1.66. The Kier molecular flexibility index (Phi) is 3.74. The lowest BCUT2D eigenvalue weighted by molar-refractivity contribution is -0.120. The normalized spacial score (nSPS) is 17.1. The van der Waals surface area contributed by atoms with Crippen LogP contribution in [0, 0.1) is 0 Å². The lowest BCUT2D eigenvalue weighted by atomic mass is 10.4. The van der Waals surface area contributed by atoms with E-state index in [0.29, 0.717) is 13.0 Å². The van der Waals surface area contributed by atoms with Crippen molar-refractivity contribution in [1.82, 2.24) is 15.6 Å². The quantitative estimate of drug-likeness (QED) is 0.792. The molecule has 0 aliphatic carbocycles. The molecule has 0 spiro atoms. The molecule has 6 heteroatoms. The molecule has 1 aliphatic rings. The van der Waals surface area contributed by atoms with Crippen molar-refractivity contribution in [3.05, 3.63) is 11.1 Å². The van der Waals surface area contributed by atoms with Gasteiger partial charge in [-0.25, -0.2) is 4.98 Å². The van der Waals surface area contributed by atoms with Gasteiger partial charge in [0.15, 0.2) is 5.13 Å². The molecule has 2 heterocycles. The lowest BCUT2D eigenvalue weighted by Gasteiger charge is -2.17. The number of hydrogen-bond acceptors (Lipinski definition) is 5. The molecule has 0 radical (unpaired) electrons. The fourth-order valence-corrected chi connectivity index (χ4v) is 2.63. The number of carbonyl (C=O) groups is 1. The minimum absolute atomic E-state index is 0.134. The zero-order valence-corrected chi connectivity index (χ0v) is 10.1. The van der Waals surface area contributed by atoms with Crippen LogP contribution in [0.2, 0.25) is 0 Å². The van der Waals surface area contributed by atoms with Crippen molar-refractivity contribution in [2.75, 3.05) is 31.6 Å². The van der Waals surface area contributed by atoms with Crippen LogP contribution in [0.1, 0.15) is 11.3 Å². The first-order valence-corrected chi connectivity index (χ1v) is 6.22. The van der Waals surface area contributed by atoms with E-state index in [9.17, 15) is 4.79 Å². The van der Waals surface area contributed by atoms with Crippen molar-refractivity contribution in [1.29, 1.82) is 0 Å². The molecule has 1 saturated heterocycles. The van der Waals surface area contributed by atoms with E-state index >= 15 is 0 Å². The van der Waals surface area contributed by atoms with E-state index < -0.39 is 0 Å². The Balaban J connectivity index is 2.01. The third kappa shape index (κ3) is 2.70. The summed E-state index contributed by atoms with van der Waals surface area (Å²) < 4.78 is 0. The third-order valence-electron chi connectivity index (χ3n) is 2.48. The van der Waals surface area contributed by atoms with Gasteiger partial charge in [0, 0.05) is 43.7 Å². The molecular weight excluding hydrogens is 224 g/mol. The van der Waals surface area contributed by atoms with Gasteiger partial charge in [0.05, 0.1) is 0 Å². The highest BCUT2D eigenvalue weighted by Gasteiger charge is 2.16. The standard InChI is InChI=1S/C10H16N4OS/c1-11-6-8-7-13-10(16-8)14-4-2-9(15)12-3-5-14/h7,11H,2-6H2,1H3,(H,12,15). The Hall–Kier alpha value is -1.14. The fraction of sp³-hybridized carbons (Fsp3) is 0.600. The van der Waals surface area contributed by atoms with E-state index in [0.717, 1.165) is 24.8 Å². The van der Waals surface area contributed by atoms with E-state index in [1.807, 2.05) is 13.2 Å². The molecule has 1 amide bonds. The summed E-state index contributed by atoms with van der Waals surface area (Å²) in [5.74, 6) is 0.134. The van der Waals surface area contributed by atoms with Gasteiger partial charge in [-0.2, -0.15) is 0 Å². The van der Waals surface area contributed by atoms with Crippen molar-refractivity contribution in [3.63, 3.8) is 0 Å². The molecule has 5 nitrogen and oxygen atoms in total. The number of carbonyl (C=O) groups excluding carboxylic acids is 1. The van der Waals surface area contributed by atoms with Gasteiger partial charge in [0.1, 0.15) is 0 Å². The second-order valence-corrected chi connectivity index (χ2v) is 4.82. The average Bonchev–Trinajstić information content (AvgIpc) is 2.62. The van der Waals surface area contributed by atoms with Crippen LogP contribution < -0.4 is 15.5 Å². The largest absolute Gasteiger partial charge is 0.354 e. The monoisotopic (exact) mass is 240 g/mol. The first kappa shape index (κ1) is 11.3. The molecule has 2 N–H and O–H groups in total. The van der Waals surface area contributed by atoms with Gasteiger partial charge in [0.2, 0.25) is 5.91 Å². The SMILES string of the molecule is CNCc1cnc(N2CCNC(=O)CC2)s1. The van der Waals surface area contributed by atoms with Gasteiger partial charge in [-0.1, -0.05) is 0 Å². The van der Waals surface area contributed by atoms with Crippen LogP contribution >= 0.6 is 11.3 Å². The maximum atomic E-state index is 11.2. The highest BCUT2D eigenvalue weighted by molar-refractivity contribution is 7.15. The van der Waals surface area contributed by atoms with Gasteiger partial charge in [-0.15, -0.1) is 11.3 Å². The summed E-state index contributed by atoms with van der Waals surface area (Å²) in [6, 6.07) is 0. The number of rotatable bonds is 3. The molecule has 1 aromatic rings. The molecule has 1 fully saturated rings. The molecule has 16 heavy (non-hydrogen) atoms. The van der Waals surface area contributed by atoms with Gasteiger partial charge < -0.3 is 15.5 Å². The van der Waals surface area contributed by atoms with Crippen LogP contribution in [0.25, 0.3) is 0 Å². The van der Waals surface area contributed by atoms with E-state index in [4.69, 9.17) is 0 Å². The number of aromatic nitrogens is 1. The van der Waals surface area contributed by atoms with Crippen molar-refractivity contribution in [3.8, 4) is 0 Å². The van der Waals surface area contributed by atoms with Gasteiger partial charge >= 0.3 is 0 Å². The van der Waals surface area contributed by atoms with Crippen molar-refractivity contribution >= 4 is 22.4 Å². The van der Waals surface area contributed by atoms with E-state index in [1.54, 1.807) is 11.3 Å². The highest BCUT2D eigenvalue weighted by atomic mass is 32.1. The Labute approximate surface area is 98.9 Å². The lowest BCUT2D eigenvalue weighted by Crippen LogP contribution is -2.28. The van der Waals surface area contributed by atoms with Crippen LogP contribution in [0.15, 0.2) is 6.20 Å². The minimum Gasteiger partial charge on any atom is -0.354 e. The smallest absolute Gasteiger partial charge is 0.221 e. The summed E-state index contributed by atoms with van der Waals surface area (Å²) in [4.78, 5) is 19.0. The Bertz CT molecular complexity index is 365. The summed E-state index contributed by atoms with van der Waals surface area (Å²) in [6.07, 6.45) is 2.46. The molecular formula is C10H16N4OS. The molecule has 2 rings (SSSR count). The second-order valence-electron chi connectivity index (χ2n) is 3.73. The first-order chi connectivity index (χ1) is 7.79. The Morgan fingerprint density at radius 2 is 2.50 bits per heavy atom. The minimum atomic E-state index is 0.134. The molecule has 0 bridgehead atoms. The second kappa shape index (κ2) is 5.27. The van der Waals surface area contributed by atoms with Gasteiger partial charge in [-0.3, -0.25) is 4.79 Å². The molecule has 1 aromatic heterocycles. The van der Waals surface area contributed by atoms with Crippen LogP contribution in [0.3, 0.4) is 0 Å². The average molecular weight is 240 g/mol. The Morgan fingerprint density at radius 3 is 3.31 bits per heavy atom. The predicted octanol–water partition coefficient (Wildman–Crippen LogP) is 0.189. The van der Waals surface area contributed by atoms with Crippen molar-refractivity contribution < 1.29 is 4.79 Å². The molecule has 88 valence electrons. The predicted molar refractivity (Wildman–Crippen MR) is 64.7 cm³/mol. The van der Waals surface area contributed by atoms with Crippen molar-refractivity contribution in [2.45, 2.75) is 13.0 Å². The maximum absolute atomic E-state index is 11.2. The number of hydrogen-bond donors (Lipinski definition) is 2.